The van der Waals surface area contributed by atoms with Crippen LogP contribution in [0.1, 0.15) is 60.7 Å². The van der Waals surface area contributed by atoms with Crippen LogP contribution in [-0.4, -0.2) is 42.0 Å². The molecule has 0 unspecified atom stereocenters. The van der Waals surface area contributed by atoms with Crippen LogP contribution in [0, 0.1) is 13.8 Å². The number of hydrogen-bond donors (Lipinski definition) is 1. The summed E-state index contributed by atoms with van der Waals surface area (Å²) < 4.78 is 5.52. The molecule has 2 aromatic rings. The second-order valence-corrected chi connectivity index (χ2v) is 8.92. The van der Waals surface area contributed by atoms with Crippen molar-refractivity contribution in [2.75, 3.05) is 18.9 Å². The van der Waals surface area contributed by atoms with Crippen molar-refractivity contribution in [1.29, 1.82) is 0 Å². The number of aromatic nitrogens is 1. The van der Waals surface area contributed by atoms with Gasteiger partial charge in [-0.05, 0) is 69.2 Å². The van der Waals surface area contributed by atoms with E-state index in [1.54, 1.807) is 11.3 Å². The molecule has 1 aliphatic carbocycles. The molecule has 0 saturated heterocycles. The molecular weight excluding hydrogens is 396 g/mol. The number of benzene rings is 1. The van der Waals surface area contributed by atoms with E-state index in [1.807, 2.05) is 23.7 Å². The zero-order valence-corrected chi connectivity index (χ0v) is 19.2. The molecule has 3 rings (SSSR count). The zero-order chi connectivity index (χ0) is 21.5. The van der Waals surface area contributed by atoms with E-state index in [2.05, 4.69) is 48.2 Å². The summed E-state index contributed by atoms with van der Waals surface area (Å²) in [5, 5.41) is 5.62. The predicted octanol–water partition coefficient (Wildman–Crippen LogP) is 5.84. The SMILES string of the molecule is CCN(C)C=Nc1cc(C)c(Cc2nc(NC(=O)OC3CCCCC3)cs2)cc1C. The summed E-state index contributed by atoms with van der Waals surface area (Å²) in [7, 11) is 2.01. The first-order valence-corrected chi connectivity index (χ1v) is 11.6. The average molecular weight is 429 g/mol. The topological polar surface area (TPSA) is 66.8 Å². The van der Waals surface area contributed by atoms with Gasteiger partial charge in [0.1, 0.15) is 11.9 Å². The fraction of sp³-hybridized carbons (Fsp3) is 0.522. The Bertz CT molecular complexity index is 887. The van der Waals surface area contributed by atoms with Crippen LogP contribution < -0.4 is 5.32 Å². The lowest BCUT2D eigenvalue weighted by molar-refractivity contribution is 0.0864. The maximum Gasteiger partial charge on any atom is 0.413 e. The summed E-state index contributed by atoms with van der Waals surface area (Å²) in [4.78, 5) is 23.3. The number of amides is 1. The van der Waals surface area contributed by atoms with E-state index in [9.17, 15) is 4.79 Å². The Kier molecular flexibility index (Phi) is 7.85. The molecule has 0 atom stereocenters. The average Bonchev–Trinajstić information content (AvgIpc) is 3.16. The Hall–Kier alpha value is -2.41. The fourth-order valence-corrected chi connectivity index (χ4v) is 4.26. The van der Waals surface area contributed by atoms with E-state index < -0.39 is 6.09 Å². The van der Waals surface area contributed by atoms with Crippen LogP contribution in [0.2, 0.25) is 0 Å². The highest BCUT2D eigenvalue weighted by Gasteiger charge is 2.18. The maximum absolute atomic E-state index is 12.1. The van der Waals surface area contributed by atoms with Crippen molar-refractivity contribution in [3.63, 3.8) is 0 Å². The second-order valence-electron chi connectivity index (χ2n) is 7.98. The van der Waals surface area contributed by atoms with Gasteiger partial charge in [-0.1, -0.05) is 12.5 Å². The molecule has 7 heteroatoms. The summed E-state index contributed by atoms with van der Waals surface area (Å²) >= 11 is 1.55. The lowest BCUT2D eigenvalue weighted by Crippen LogP contribution is -2.24. The Labute approximate surface area is 183 Å². The van der Waals surface area contributed by atoms with Crippen LogP contribution in [0.3, 0.4) is 0 Å². The number of carbonyl (C=O) groups is 1. The number of nitrogens with one attached hydrogen (secondary N) is 1. The van der Waals surface area contributed by atoms with Crippen LogP contribution in [-0.2, 0) is 11.2 Å². The summed E-state index contributed by atoms with van der Waals surface area (Å²) in [5.41, 5.74) is 4.54. The molecule has 0 aliphatic heterocycles. The van der Waals surface area contributed by atoms with E-state index in [1.165, 1.54) is 17.5 Å². The predicted molar refractivity (Wildman–Crippen MR) is 124 cm³/mol. The number of thiazole rings is 1. The highest BCUT2D eigenvalue weighted by atomic mass is 32.1. The van der Waals surface area contributed by atoms with Crippen molar-refractivity contribution in [2.24, 2.45) is 4.99 Å². The van der Waals surface area contributed by atoms with Gasteiger partial charge in [0.15, 0.2) is 0 Å². The van der Waals surface area contributed by atoms with E-state index in [0.29, 0.717) is 5.82 Å². The smallest absolute Gasteiger partial charge is 0.413 e. The molecule has 0 spiro atoms. The van der Waals surface area contributed by atoms with Crippen molar-refractivity contribution in [2.45, 2.75) is 65.4 Å². The lowest BCUT2D eigenvalue weighted by Gasteiger charge is -2.21. The van der Waals surface area contributed by atoms with Crippen LogP contribution in [0.4, 0.5) is 16.3 Å². The van der Waals surface area contributed by atoms with Crippen LogP contribution in [0.5, 0.6) is 0 Å². The minimum absolute atomic E-state index is 0.0424. The number of aryl methyl sites for hydroxylation is 2. The van der Waals surface area contributed by atoms with E-state index >= 15 is 0 Å². The van der Waals surface area contributed by atoms with Gasteiger partial charge in [0.2, 0.25) is 0 Å². The molecule has 0 radical (unpaired) electrons. The summed E-state index contributed by atoms with van der Waals surface area (Å²) in [5.74, 6) is 0.564. The first-order chi connectivity index (χ1) is 14.4. The van der Waals surface area contributed by atoms with Gasteiger partial charge in [-0.2, -0.15) is 0 Å². The molecule has 1 amide bonds. The minimum atomic E-state index is -0.398. The molecule has 1 heterocycles. The third-order valence-electron chi connectivity index (χ3n) is 5.50. The molecule has 162 valence electrons. The normalized spacial score (nSPS) is 14.8. The molecule has 1 aromatic heterocycles. The highest BCUT2D eigenvalue weighted by molar-refractivity contribution is 7.10. The first kappa shape index (κ1) is 22.3. The highest BCUT2D eigenvalue weighted by Crippen LogP contribution is 2.27. The van der Waals surface area contributed by atoms with Crippen LogP contribution in [0.25, 0.3) is 0 Å². The Morgan fingerprint density at radius 1 is 1.30 bits per heavy atom. The van der Waals surface area contributed by atoms with Gasteiger partial charge < -0.3 is 9.64 Å². The molecule has 1 aromatic carbocycles. The number of ether oxygens (including phenoxy) is 1. The van der Waals surface area contributed by atoms with Gasteiger partial charge in [0.25, 0.3) is 0 Å². The molecular formula is C23H32N4O2S. The Morgan fingerprint density at radius 2 is 2.07 bits per heavy atom. The number of anilines is 1. The molecule has 1 N–H and O–H groups in total. The van der Waals surface area contributed by atoms with Crippen molar-refractivity contribution in [3.05, 3.63) is 39.2 Å². The maximum atomic E-state index is 12.1. The number of aliphatic imine (C=N–C) groups is 1. The second kappa shape index (κ2) is 10.6. The van der Waals surface area contributed by atoms with Crippen LogP contribution in [0.15, 0.2) is 22.5 Å². The van der Waals surface area contributed by atoms with Gasteiger partial charge in [0, 0.05) is 25.4 Å². The molecule has 6 nitrogen and oxygen atoms in total. The Morgan fingerprint density at radius 3 is 2.80 bits per heavy atom. The first-order valence-electron chi connectivity index (χ1n) is 10.7. The van der Waals surface area contributed by atoms with Crippen molar-refractivity contribution >= 4 is 35.3 Å². The quantitative estimate of drug-likeness (QED) is 0.444. The van der Waals surface area contributed by atoms with E-state index in [0.717, 1.165) is 54.9 Å². The van der Waals surface area contributed by atoms with Gasteiger partial charge in [-0.25, -0.2) is 14.8 Å². The number of nitrogens with zero attached hydrogens (tertiary/aromatic N) is 3. The van der Waals surface area contributed by atoms with Gasteiger partial charge in [-0.3, -0.25) is 5.32 Å². The van der Waals surface area contributed by atoms with Crippen molar-refractivity contribution < 1.29 is 9.53 Å². The zero-order valence-electron chi connectivity index (χ0n) is 18.4. The molecule has 1 aliphatic rings. The summed E-state index contributed by atoms with van der Waals surface area (Å²) in [6, 6.07) is 4.30. The third-order valence-corrected chi connectivity index (χ3v) is 6.35. The van der Waals surface area contributed by atoms with E-state index in [4.69, 9.17) is 4.74 Å². The van der Waals surface area contributed by atoms with Gasteiger partial charge in [-0.15, -0.1) is 11.3 Å². The van der Waals surface area contributed by atoms with Gasteiger partial charge in [0.05, 0.1) is 17.0 Å². The molecule has 1 saturated carbocycles. The molecule has 30 heavy (non-hydrogen) atoms. The number of carbonyl (C=O) groups excluding carboxylic acids is 1. The Balaban J connectivity index is 1.60. The largest absolute Gasteiger partial charge is 0.446 e. The van der Waals surface area contributed by atoms with Crippen molar-refractivity contribution in [1.82, 2.24) is 9.88 Å². The molecule has 0 bridgehead atoms. The number of hydrogen-bond acceptors (Lipinski definition) is 5. The lowest BCUT2D eigenvalue weighted by atomic mass is 9.98. The third kappa shape index (κ3) is 6.29. The van der Waals surface area contributed by atoms with Crippen LogP contribution >= 0.6 is 11.3 Å². The molecule has 1 fully saturated rings. The fourth-order valence-electron chi connectivity index (χ4n) is 3.51. The summed E-state index contributed by atoms with van der Waals surface area (Å²) in [6.45, 7) is 7.21. The number of rotatable bonds is 7. The van der Waals surface area contributed by atoms with Crippen molar-refractivity contribution in [3.8, 4) is 0 Å². The standard InChI is InChI=1S/C23H32N4O2S/c1-5-27(4)15-24-20-12-16(2)18(11-17(20)3)13-22-25-21(14-30-22)26-23(28)29-19-9-7-6-8-10-19/h11-12,14-15,19H,5-10,13H2,1-4H3,(H,26,28). The minimum Gasteiger partial charge on any atom is -0.446 e. The van der Waals surface area contributed by atoms with E-state index in [-0.39, 0.29) is 6.10 Å². The monoisotopic (exact) mass is 428 g/mol. The van der Waals surface area contributed by atoms with Gasteiger partial charge >= 0.3 is 6.09 Å². The summed E-state index contributed by atoms with van der Waals surface area (Å²) in [6.07, 6.45) is 7.67.